The van der Waals surface area contributed by atoms with Crippen LogP contribution in [-0.2, 0) is 6.54 Å². The predicted molar refractivity (Wildman–Crippen MR) is 121 cm³/mol. The van der Waals surface area contributed by atoms with Gasteiger partial charge in [0, 0.05) is 42.7 Å². The van der Waals surface area contributed by atoms with Crippen LogP contribution in [0.2, 0.25) is 0 Å². The summed E-state index contributed by atoms with van der Waals surface area (Å²) in [6.45, 7) is 7.28. The first-order valence-electron chi connectivity index (χ1n) is 9.98. The topological polar surface area (TPSA) is 52.6 Å². The molecular weight excluding hydrogens is 386 g/mol. The maximum absolute atomic E-state index is 4.59. The van der Waals surface area contributed by atoms with E-state index in [0.717, 1.165) is 49.4 Å². The highest BCUT2D eigenvalue weighted by atomic mass is 32.2. The molecule has 0 bridgehead atoms. The molecule has 1 aliphatic rings. The number of thioether (sulfide) groups is 1. The summed E-state index contributed by atoms with van der Waals surface area (Å²) >= 11 is 3.61. The molecule has 0 aliphatic carbocycles. The van der Waals surface area contributed by atoms with E-state index in [1.54, 1.807) is 11.3 Å². The summed E-state index contributed by atoms with van der Waals surface area (Å²) in [4.78, 5) is 12.8. The number of rotatable bonds is 8. The molecule has 2 aromatic rings. The van der Waals surface area contributed by atoms with Crippen molar-refractivity contribution in [3.63, 3.8) is 0 Å². The molecule has 28 heavy (non-hydrogen) atoms. The number of likely N-dealkylation sites (tertiary alicyclic amines) is 1. The quantitative estimate of drug-likeness (QED) is 0.297. The number of nitrogens with zero attached hydrogens (tertiary/aromatic N) is 3. The Labute approximate surface area is 177 Å². The van der Waals surface area contributed by atoms with Gasteiger partial charge < -0.3 is 10.6 Å². The summed E-state index contributed by atoms with van der Waals surface area (Å²) in [5.41, 5.74) is 1.22. The fourth-order valence-electron chi connectivity index (χ4n) is 3.38. The SMILES string of the molecule is CN=C(NCCSc1ccccc1)NCC1CCN(Cc2csc(C)n2)CC1. The van der Waals surface area contributed by atoms with Crippen molar-refractivity contribution in [1.29, 1.82) is 0 Å². The number of aliphatic imine (C=N–C) groups is 1. The third-order valence-corrected chi connectivity index (χ3v) is 6.78. The first kappa shape index (κ1) is 21.1. The van der Waals surface area contributed by atoms with Crippen LogP contribution in [0.5, 0.6) is 0 Å². The van der Waals surface area contributed by atoms with Crippen LogP contribution in [-0.4, -0.2) is 54.8 Å². The third kappa shape index (κ3) is 7.11. The Morgan fingerprint density at radius 3 is 2.71 bits per heavy atom. The minimum atomic E-state index is 0.714. The monoisotopic (exact) mass is 417 g/mol. The van der Waals surface area contributed by atoms with Crippen LogP contribution < -0.4 is 10.6 Å². The zero-order chi connectivity index (χ0) is 19.6. The lowest BCUT2D eigenvalue weighted by atomic mass is 9.97. The van der Waals surface area contributed by atoms with Crippen molar-refractivity contribution in [1.82, 2.24) is 20.5 Å². The second-order valence-corrected chi connectivity index (χ2v) is 9.35. The average Bonchev–Trinajstić information content (AvgIpc) is 3.14. The Balaban J connectivity index is 1.29. The van der Waals surface area contributed by atoms with Gasteiger partial charge in [-0.25, -0.2) is 4.98 Å². The lowest BCUT2D eigenvalue weighted by molar-refractivity contribution is 0.176. The van der Waals surface area contributed by atoms with Crippen molar-refractivity contribution in [2.24, 2.45) is 10.9 Å². The standard InChI is InChI=1S/C21H31N5S2/c1-17-25-19(16-28-17)15-26-11-8-18(9-12-26)14-24-21(22-2)23-10-13-27-20-6-4-3-5-7-20/h3-7,16,18H,8-15H2,1-2H3,(H2,22,23,24). The Morgan fingerprint density at radius 2 is 2.04 bits per heavy atom. The smallest absolute Gasteiger partial charge is 0.191 e. The number of nitrogens with one attached hydrogen (secondary N) is 2. The summed E-state index contributed by atoms with van der Waals surface area (Å²) in [6.07, 6.45) is 2.47. The number of aromatic nitrogens is 1. The van der Waals surface area contributed by atoms with Gasteiger partial charge in [0.05, 0.1) is 10.7 Å². The van der Waals surface area contributed by atoms with Crippen molar-refractivity contribution >= 4 is 29.1 Å². The van der Waals surface area contributed by atoms with Crippen molar-refractivity contribution in [2.75, 3.05) is 39.0 Å². The molecule has 0 spiro atoms. The summed E-state index contributed by atoms with van der Waals surface area (Å²) in [5.74, 6) is 2.65. The van der Waals surface area contributed by atoms with Gasteiger partial charge in [-0.1, -0.05) is 18.2 Å². The summed E-state index contributed by atoms with van der Waals surface area (Å²) in [5, 5.41) is 10.3. The van der Waals surface area contributed by atoms with Crippen LogP contribution in [0.4, 0.5) is 0 Å². The Bertz CT molecular complexity index is 723. The Kier molecular flexibility index (Phi) is 8.64. The molecular formula is C21H31N5S2. The molecule has 2 N–H and O–H groups in total. The van der Waals surface area contributed by atoms with E-state index in [2.05, 4.69) is 68.1 Å². The second-order valence-electron chi connectivity index (χ2n) is 7.12. The Hall–Kier alpha value is -1.57. The minimum Gasteiger partial charge on any atom is -0.356 e. The molecule has 0 radical (unpaired) electrons. The van der Waals surface area contributed by atoms with E-state index in [1.165, 1.54) is 23.4 Å². The molecule has 0 unspecified atom stereocenters. The number of piperidine rings is 1. The molecule has 0 saturated carbocycles. The molecule has 1 fully saturated rings. The number of guanidine groups is 1. The van der Waals surface area contributed by atoms with Gasteiger partial charge in [0.25, 0.3) is 0 Å². The van der Waals surface area contributed by atoms with Crippen molar-refractivity contribution < 1.29 is 0 Å². The third-order valence-electron chi connectivity index (χ3n) is 4.95. The van der Waals surface area contributed by atoms with Crippen LogP contribution in [0.3, 0.4) is 0 Å². The van der Waals surface area contributed by atoms with Gasteiger partial charge in [0.15, 0.2) is 5.96 Å². The van der Waals surface area contributed by atoms with E-state index in [9.17, 15) is 0 Å². The fourth-order valence-corrected chi connectivity index (χ4v) is 4.77. The van der Waals surface area contributed by atoms with Gasteiger partial charge in [0.2, 0.25) is 0 Å². The van der Waals surface area contributed by atoms with E-state index >= 15 is 0 Å². The molecule has 1 aromatic carbocycles. The summed E-state index contributed by atoms with van der Waals surface area (Å²) < 4.78 is 0. The van der Waals surface area contributed by atoms with E-state index in [0.29, 0.717) is 5.92 Å². The first-order chi connectivity index (χ1) is 13.7. The van der Waals surface area contributed by atoms with Crippen molar-refractivity contribution in [3.8, 4) is 0 Å². The normalized spacial score (nSPS) is 16.3. The maximum Gasteiger partial charge on any atom is 0.191 e. The van der Waals surface area contributed by atoms with Crippen molar-refractivity contribution in [3.05, 3.63) is 46.4 Å². The van der Waals surface area contributed by atoms with Gasteiger partial charge in [-0.2, -0.15) is 0 Å². The molecule has 1 aromatic heterocycles. The van der Waals surface area contributed by atoms with Gasteiger partial charge in [-0.15, -0.1) is 23.1 Å². The molecule has 3 rings (SSSR count). The molecule has 2 heterocycles. The van der Waals surface area contributed by atoms with E-state index in [-0.39, 0.29) is 0 Å². The maximum atomic E-state index is 4.59. The molecule has 0 amide bonds. The van der Waals surface area contributed by atoms with Gasteiger partial charge >= 0.3 is 0 Å². The van der Waals surface area contributed by atoms with Crippen LogP contribution >= 0.6 is 23.1 Å². The fraction of sp³-hybridized carbons (Fsp3) is 0.524. The first-order valence-corrected chi connectivity index (χ1v) is 11.8. The number of thiazole rings is 1. The minimum absolute atomic E-state index is 0.714. The molecule has 1 saturated heterocycles. The average molecular weight is 418 g/mol. The van der Waals surface area contributed by atoms with Crippen LogP contribution in [0.1, 0.15) is 23.5 Å². The summed E-state index contributed by atoms with van der Waals surface area (Å²) in [6, 6.07) is 10.5. The highest BCUT2D eigenvalue weighted by Gasteiger charge is 2.20. The molecule has 0 atom stereocenters. The Morgan fingerprint density at radius 1 is 1.25 bits per heavy atom. The molecule has 7 heteroatoms. The van der Waals surface area contributed by atoms with Crippen LogP contribution in [0.25, 0.3) is 0 Å². The number of aryl methyl sites for hydroxylation is 1. The van der Waals surface area contributed by atoms with Gasteiger partial charge in [0.1, 0.15) is 0 Å². The van der Waals surface area contributed by atoms with E-state index in [4.69, 9.17) is 0 Å². The lowest BCUT2D eigenvalue weighted by Gasteiger charge is -2.31. The van der Waals surface area contributed by atoms with Gasteiger partial charge in [-0.05, 0) is 50.9 Å². The largest absolute Gasteiger partial charge is 0.356 e. The highest BCUT2D eigenvalue weighted by molar-refractivity contribution is 7.99. The lowest BCUT2D eigenvalue weighted by Crippen LogP contribution is -2.43. The zero-order valence-electron chi connectivity index (χ0n) is 16.9. The van der Waals surface area contributed by atoms with Crippen molar-refractivity contribution in [2.45, 2.75) is 31.2 Å². The predicted octanol–water partition coefficient (Wildman–Crippen LogP) is 3.62. The number of hydrogen-bond acceptors (Lipinski definition) is 5. The number of benzene rings is 1. The van der Waals surface area contributed by atoms with Gasteiger partial charge in [-0.3, -0.25) is 9.89 Å². The molecule has 152 valence electrons. The second kappa shape index (κ2) is 11.4. The highest BCUT2D eigenvalue weighted by Crippen LogP contribution is 2.19. The van der Waals surface area contributed by atoms with E-state index in [1.807, 2.05) is 18.8 Å². The van der Waals surface area contributed by atoms with Crippen LogP contribution in [0, 0.1) is 12.8 Å². The summed E-state index contributed by atoms with van der Waals surface area (Å²) in [7, 11) is 1.85. The van der Waals surface area contributed by atoms with E-state index < -0.39 is 0 Å². The van der Waals surface area contributed by atoms with Crippen LogP contribution in [0.15, 0.2) is 45.6 Å². The molecule has 5 nitrogen and oxygen atoms in total. The molecule has 1 aliphatic heterocycles. The number of hydrogen-bond donors (Lipinski definition) is 2. The zero-order valence-corrected chi connectivity index (χ0v) is 18.5.